The van der Waals surface area contributed by atoms with Crippen molar-refractivity contribution in [3.63, 3.8) is 0 Å². The van der Waals surface area contributed by atoms with Crippen molar-refractivity contribution in [1.82, 2.24) is 4.90 Å². The summed E-state index contributed by atoms with van der Waals surface area (Å²) in [5.74, 6) is -0.466. The van der Waals surface area contributed by atoms with Crippen LogP contribution in [0, 0.1) is 10.1 Å². The molecule has 1 aliphatic rings. The van der Waals surface area contributed by atoms with Crippen molar-refractivity contribution in [1.29, 1.82) is 0 Å². The largest absolute Gasteiger partial charge is 0.366 e. The van der Waals surface area contributed by atoms with Crippen LogP contribution in [0.2, 0.25) is 5.02 Å². The van der Waals surface area contributed by atoms with E-state index in [0.29, 0.717) is 43.3 Å². The smallest absolute Gasteiger partial charge is 0.282 e. The highest BCUT2D eigenvalue weighted by molar-refractivity contribution is 6.31. The van der Waals surface area contributed by atoms with Gasteiger partial charge in [0.15, 0.2) is 0 Å². The van der Waals surface area contributed by atoms with Crippen LogP contribution in [0.1, 0.15) is 23.7 Å². The maximum atomic E-state index is 12.7. The zero-order chi connectivity index (χ0) is 21.0. The number of anilines is 2. The van der Waals surface area contributed by atoms with Crippen LogP contribution in [0.15, 0.2) is 42.5 Å². The Morgan fingerprint density at radius 3 is 2.48 bits per heavy atom. The van der Waals surface area contributed by atoms with E-state index in [9.17, 15) is 19.7 Å². The lowest BCUT2D eigenvalue weighted by Crippen LogP contribution is -2.48. The van der Waals surface area contributed by atoms with Gasteiger partial charge >= 0.3 is 0 Å². The van der Waals surface area contributed by atoms with E-state index >= 15 is 0 Å². The third-order valence-electron chi connectivity index (χ3n) is 4.83. The van der Waals surface area contributed by atoms with Crippen molar-refractivity contribution in [3.05, 3.63) is 63.2 Å². The summed E-state index contributed by atoms with van der Waals surface area (Å²) in [5.41, 5.74) is 0.933. The van der Waals surface area contributed by atoms with Crippen LogP contribution < -0.4 is 10.2 Å². The first-order chi connectivity index (χ1) is 13.9. The van der Waals surface area contributed by atoms with Crippen molar-refractivity contribution in [3.8, 4) is 0 Å². The van der Waals surface area contributed by atoms with Gasteiger partial charge in [-0.05, 0) is 24.3 Å². The summed E-state index contributed by atoms with van der Waals surface area (Å²) in [5, 5.41) is 14.4. The number of carbonyl (C=O) groups is 2. The lowest BCUT2D eigenvalue weighted by molar-refractivity contribution is -0.385. The fourth-order valence-corrected chi connectivity index (χ4v) is 3.49. The number of amides is 2. The molecule has 0 saturated carbocycles. The van der Waals surface area contributed by atoms with E-state index in [2.05, 4.69) is 10.2 Å². The molecule has 3 rings (SSSR count). The highest BCUT2D eigenvalue weighted by atomic mass is 35.5. The number of carbonyl (C=O) groups excluding carboxylic acids is 2. The minimum atomic E-state index is -0.586. The molecule has 0 atom stereocenters. The van der Waals surface area contributed by atoms with Crippen LogP contribution in [-0.2, 0) is 4.79 Å². The topological polar surface area (TPSA) is 95.8 Å². The first-order valence-electron chi connectivity index (χ1n) is 9.27. The van der Waals surface area contributed by atoms with E-state index in [-0.39, 0.29) is 17.2 Å². The number of para-hydroxylation sites is 1. The molecule has 2 aromatic carbocycles. The van der Waals surface area contributed by atoms with E-state index in [1.807, 2.05) is 11.8 Å². The molecule has 0 unspecified atom stereocenters. The van der Waals surface area contributed by atoms with Gasteiger partial charge in [-0.15, -0.1) is 0 Å². The zero-order valence-corrected chi connectivity index (χ0v) is 16.7. The number of nitro benzene ring substituents is 1. The predicted octanol–water partition coefficient (Wildman–Crippen LogP) is 3.56. The van der Waals surface area contributed by atoms with Crippen molar-refractivity contribution >= 4 is 40.5 Å². The third-order valence-corrected chi connectivity index (χ3v) is 5.06. The molecule has 0 bridgehead atoms. The fourth-order valence-electron chi connectivity index (χ4n) is 3.32. The number of piperazine rings is 1. The highest BCUT2D eigenvalue weighted by Gasteiger charge is 2.24. The van der Waals surface area contributed by atoms with E-state index in [0.717, 1.165) is 5.69 Å². The highest BCUT2D eigenvalue weighted by Crippen LogP contribution is 2.31. The molecule has 2 aromatic rings. The summed E-state index contributed by atoms with van der Waals surface area (Å²) < 4.78 is 0. The summed E-state index contributed by atoms with van der Waals surface area (Å²) in [4.78, 5) is 39.1. The number of rotatable bonds is 5. The Bertz CT molecular complexity index is 942. The van der Waals surface area contributed by atoms with Crippen LogP contribution in [-0.4, -0.2) is 47.8 Å². The second-order valence-corrected chi connectivity index (χ2v) is 7.05. The minimum absolute atomic E-state index is 0.0261. The molecule has 2 amide bonds. The zero-order valence-electron chi connectivity index (χ0n) is 15.9. The Kier molecular flexibility index (Phi) is 6.33. The summed E-state index contributed by atoms with van der Waals surface area (Å²) in [7, 11) is 0. The van der Waals surface area contributed by atoms with Gasteiger partial charge in [0.25, 0.3) is 11.6 Å². The van der Waals surface area contributed by atoms with Gasteiger partial charge in [0.1, 0.15) is 5.56 Å². The SMILES string of the molecule is CCC(=O)N1CCN(c2ccc(Cl)cc2NC(=O)c2ccccc2[N+](=O)[O-])CC1. The second kappa shape index (κ2) is 8.91. The number of hydrogen-bond donors (Lipinski definition) is 1. The monoisotopic (exact) mass is 416 g/mol. The number of nitrogens with one attached hydrogen (secondary N) is 1. The van der Waals surface area contributed by atoms with E-state index in [1.165, 1.54) is 18.2 Å². The minimum Gasteiger partial charge on any atom is -0.366 e. The Balaban J connectivity index is 1.82. The Morgan fingerprint density at radius 2 is 1.83 bits per heavy atom. The van der Waals surface area contributed by atoms with Gasteiger partial charge in [-0.2, -0.15) is 0 Å². The van der Waals surface area contributed by atoms with Crippen LogP contribution in [0.25, 0.3) is 0 Å². The second-order valence-electron chi connectivity index (χ2n) is 6.61. The van der Waals surface area contributed by atoms with Crippen LogP contribution in [0.5, 0.6) is 0 Å². The summed E-state index contributed by atoms with van der Waals surface area (Å²) in [6.07, 6.45) is 0.470. The van der Waals surface area contributed by atoms with Crippen LogP contribution in [0.4, 0.5) is 17.1 Å². The molecular formula is C20H21ClN4O4. The van der Waals surface area contributed by atoms with Gasteiger partial charge in [-0.1, -0.05) is 30.7 Å². The number of nitro groups is 1. The maximum Gasteiger partial charge on any atom is 0.282 e. The van der Waals surface area contributed by atoms with Crippen LogP contribution >= 0.6 is 11.6 Å². The first-order valence-corrected chi connectivity index (χ1v) is 9.65. The molecule has 1 heterocycles. The first kappa shape index (κ1) is 20.6. The van der Waals surface area contributed by atoms with Gasteiger partial charge < -0.3 is 15.1 Å². The molecule has 1 N–H and O–H groups in total. The molecule has 1 saturated heterocycles. The number of nitrogens with zero attached hydrogens (tertiary/aromatic N) is 3. The Morgan fingerprint density at radius 1 is 1.14 bits per heavy atom. The molecule has 0 radical (unpaired) electrons. The van der Waals surface area contributed by atoms with Crippen molar-refractivity contribution in [2.75, 3.05) is 36.4 Å². The average Bonchev–Trinajstić information content (AvgIpc) is 2.73. The molecule has 0 aromatic heterocycles. The number of benzene rings is 2. The maximum absolute atomic E-state index is 12.7. The third kappa shape index (κ3) is 4.65. The van der Waals surface area contributed by atoms with E-state index in [4.69, 9.17) is 11.6 Å². The molecule has 1 aliphatic heterocycles. The van der Waals surface area contributed by atoms with E-state index in [1.54, 1.807) is 24.3 Å². The quantitative estimate of drug-likeness (QED) is 0.593. The molecule has 1 fully saturated rings. The molecule has 152 valence electrons. The molecule has 29 heavy (non-hydrogen) atoms. The Hall–Kier alpha value is -3.13. The number of halogens is 1. The summed E-state index contributed by atoms with van der Waals surface area (Å²) in [6, 6.07) is 10.9. The van der Waals surface area contributed by atoms with Crippen molar-refractivity contribution < 1.29 is 14.5 Å². The van der Waals surface area contributed by atoms with Gasteiger partial charge in [0.05, 0.1) is 16.3 Å². The standard InChI is InChI=1S/C20H21ClN4O4/c1-2-19(26)24-11-9-23(10-12-24)18-8-7-14(21)13-16(18)22-20(27)15-5-3-4-6-17(15)25(28)29/h3-8,13H,2,9-12H2,1H3,(H,22,27). The van der Waals surface area contributed by atoms with Crippen molar-refractivity contribution in [2.45, 2.75) is 13.3 Å². The Labute approximate surface area is 173 Å². The van der Waals surface area contributed by atoms with Gasteiger partial charge in [-0.25, -0.2) is 0 Å². The molecule has 9 heteroatoms. The molecule has 0 aliphatic carbocycles. The lowest BCUT2D eigenvalue weighted by atomic mass is 10.1. The van der Waals surface area contributed by atoms with Gasteiger partial charge in [0.2, 0.25) is 5.91 Å². The number of hydrogen-bond acceptors (Lipinski definition) is 5. The fraction of sp³-hybridized carbons (Fsp3) is 0.300. The predicted molar refractivity (Wildman–Crippen MR) is 112 cm³/mol. The average molecular weight is 417 g/mol. The molecular weight excluding hydrogens is 396 g/mol. The molecule has 0 spiro atoms. The normalized spacial score (nSPS) is 13.9. The summed E-state index contributed by atoms with van der Waals surface area (Å²) in [6.45, 7) is 4.24. The lowest BCUT2D eigenvalue weighted by Gasteiger charge is -2.37. The summed E-state index contributed by atoms with van der Waals surface area (Å²) >= 11 is 6.12. The molecule has 8 nitrogen and oxygen atoms in total. The van der Waals surface area contributed by atoms with Gasteiger partial charge in [-0.3, -0.25) is 19.7 Å². The van der Waals surface area contributed by atoms with E-state index < -0.39 is 10.8 Å². The van der Waals surface area contributed by atoms with Crippen LogP contribution in [0.3, 0.4) is 0 Å². The van der Waals surface area contributed by atoms with Gasteiger partial charge in [0, 0.05) is 43.7 Å². The van der Waals surface area contributed by atoms with Crippen molar-refractivity contribution in [2.24, 2.45) is 0 Å².